The molecule has 14 heavy (non-hydrogen) atoms. The van der Waals surface area contributed by atoms with E-state index in [2.05, 4.69) is 27.6 Å². The van der Waals surface area contributed by atoms with Gasteiger partial charge in [-0.05, 0) is 34.7 Å². The predicted molar refractivity (Wildman–Crippen MR) is 61.5 cm³/mol. The fourth-order valence-corrected chi connectivity index (χ4v) is 1.54. The highest BCUT2D eigenvalue weighted by Gasteiger charge is 2.11. The normalized spacial score (nSPS) is 17.5. The number of aliphatic imine (C=N–C) groups is 1. The van der Waals surface area contributed by atoms with Crippen LogP contribution in [-0.2, 0) is 9.53 Å². The summed E-state index contributed by atoms with van der Waals surface area (Å²) in [7, 11) is 0. The van der Waals surface area contributed by atoms with E-state index in [1.54, 1.807) is 6.08 Å². The Balaban J connectivity index is 2.31. The minimum Gasteiger partial charge on any atom is -0.404 e. The van der Waals surface area contributed by atoms with Gasteiger partial charge in [0.25, 0.3) is 0 Å². The fraction of sp³-hybridized carbons (Fsp3) is 0. The molecule has 0 N–H and O–H groups in total. The summed E-state index contributed by atoms with van der Waals surface area (Å²) in [4.78, 5) is 14.9. The van der Waals surface area contributed by atoms with Crippen LogP contribution in [0.3, 0.4) is 0 Å². The Morgan fingerprint density at radius 3 is 2.64 bits per heavy atom. The molecule has 0 radical (unpaired) electrons. The number of carbonyl (C=O) groups is 1. The second-order valence-corrected chi connectivity index (χ2v) is 3.82. The third-order valence-electron chi connectivity index (χ3n) is 1.65. The van der Waals surface area contributed by atoms with Gasteiger partial charge in [0.2, 0.25) is 5.90 Å². The largest absolute Gasteiger partial charge is 0.404 e. The number of cyclic esters (lactones) is 1. The van der Waals surface area contributed by atoms with Gasteiger partial charge >= 0.3 is 5.97 Å². The minimum absolute atomic E-state index is 0.346. The Kier molecular flexibility index (Phi) is 2.62. The first-order valence-corrected chi connectivity index (χ1v) is 5.07. The average Bonchev–Trinajstić information content (AvgIpc) is 2.56. The van der Waals surface area contributed by atoms with Gasteiger partial charge in [0.15, 0.2) is 0 Å². The van der Waals surface area contributed by atoms with Crippen molar-refractivity contribution in [2.75, 3.05) is 0 Å². The van der Waals surface area contributed by atoms with Crippen LogP contribution in [0.4, 0.5) is 5.69 Å². The van der Waals surface area contributed by atoms with Crippen molar-refractivity contribution in [1.82, 2.24) is 0 Å². The Hall–Kier alpha value is -1.17. The maximum absolute atomic E-state index is 10.7. The molecular weight excluding hydrogens is 293 g/mol. The van der Waals surface area contributed by atoms with Gasteiger partial charge in [0.05, 0.1) is 5.69 Å². The van der Waals surface area contributed by atoms with E-state index in [1.165, 1.54) is 6.08 Å². The van der Waals surface area contributed by atoms with Crippen LogP contribution in [0.25, 0.3) is 0 Å². The van der Waals surface area contributed by atoms with E-state index in [1.807, 2.05) is 24.3 Å². The van der Waals surface area contributed by atoms with Crippen LogP contribution in [0.2, 0.25) is 0 Å². The van der Waals surface area contributed by atoms with Gasteiger partial charge in [0.1, 0.15) is 0 Å². The number of esters is 1. The van der Waals surface area contributed by atoms with Crippen LogP contribution in [-0.4, -0.2) is 11.9 Å². The van der Waals surface area contributed by atoms with Crippen molar-refractivity contribution < 1.29 is 9.53 Å². The number of rotatable bonds is 1. The van der Waals surface area contributed by atoms with Gasteiger partial charge < -0.3 is 4.74 Å². The third kappa shape index (κ3) is 2.01. The van der Waals surface area contributed by atoms with Crippen LogP contribution in [0.5, 0.6) is 0 Å². The Bertz CT molecular complexity index is 438. The molecule has 3 nitrogen and oxygen atoms in total. The Morgan fingerprint density at radius 2 is 2.00 bits per heavy atom. The number of carbonyl (C=O) groups excluding carboxylic acids is 1. The van der Waals surface area contributed by atoms with Crippen molar-refractivity contribution in [2.45, 2.75) is 0 Å². The van der Waals surface area contributed by atoms with E-state index in [9.17, 15) is 4.79 Å². The molecule has 0 aromatic heterocycles. The monoisotopic (exact) mass is 299 g/mol. The second kappa shape index (κ2) is 3.91. The smallest absolute Gasteiger partial charge is 0.337 e. The highest BCUT2D eigenvalue weighted by Crippen LogP contribution is 2.21. The summed E-state index contributed by atoms with van der Waals surface area (Å²) in [5, 5.41) is 0. The van der Waals surface area contributed by atoms with E-state index in [-0.39, 0.29) is 5.97 Å². The zero-order valence-corrected chi connectivity index (χ0v) is 9.26. The number of halogens is 1. The molecule has 70 valence electrons. The Morgan fingerprint density at radius 1 is 1.21 bits per heavy atom. The molecule has 0 spiro atoms. The van der Waals surface area contributed by atoms with Crippen LogP contribution >= 0.6 is 22.6 Å². The number of hydrogen-bond donors (Lipinski definition) is 0. The molecule has 1 aliphatic heterocycles. The van der Waals surface area contributed by atoms with Crippen molar-refractivity contribution >= 4 is 40.1 Å². The zero-order chi connectivity index (χ0) is 9.97. The lowest BCUT2D eigenvalue weighted by Gasteiger charge is -1.98. The maximum Gasteiger partial charge on any atom is 0.337 e. The summed E-state index contributed by atoms with van der Waals surface area (Å²) < 4.78 is 5.84. The maximum atomic E-state index is 10.7. The molecule has 0 fully saturated rings. The molecule has 0 atom stereocenters. The molecule has 1 aromatic rings. The van der Waals surface area contributed by atoms with Gasteiger partial charge in [-0.3, -0.25) is 0 Å². The number of ether oxygens (including phenoxy) is 1. The predicted octanol–water partition coefficient (Wildman–Crippen LogP) is 2.43. The van der Waals surface area contributed by atoms with Crippen molar-refractivity contribution in [3.8, 4) is 0 Å². The zero-order valence-electron chi connectivity index (χ0n) is 7.11. The lowest BCUT2D eigenvalue weighted by molar-refractivity contribution is -0.129. The topological polar surface area (TPSA) is 38.7 Å². The summed E-state index contributed by atoms with van der Waals surface area (Å²) in [5.74, 6) is -0.0196. The van der Waals surface area contributed by atoms with Crippen LogP contribution in [0.1, 0.15) is 0 Å². The number of para-hydroxylation sites is 1. The van der Waals surface area contributed by atoms with Gasteiger partial charge in [-0.2, -0.15) is 0 Å². The van der Waals surface area contributed by atoms with Gasteiger partial charge in [0, 0.05) is 15.7 Å². The molecule has 2 rings (SSSR count). The van der Waals surface area contributed by atoms with Crippen molar-refractivity contribution in [3.63, 3.8) is 0 Å². The summed E-state index contributed by atoms with van der Waals surface area (Å²) in [5.41, 5.74) is 0.808. The number of nitrogens with zero attached hydrogens (tertiary/aromatic N) is 1. The first kappa shape index (κ1) is 9.39. The Labute approximate surface area is 94.6 Å². The molecule has 1 heterocycles. The fourth-order valence-electron chi connectivity index (χ4n) is 1.03. The van der Waals surface area contributed by atoms with Gasteiger partial charge in [-0.15, -0.1) is 0 Å². The molecule has 0 saturated heterocycles. The molecular formula is C10H6INO2. The van der Waals surface area contributed by atoms with E-state index in [4.69, 9.17) is 4.74 Å². The molecule has 0 saturated carbocycles. The lowest BCUT2D eigenvalue weighted by Crippen LogP contribution is -1.98. The van der Waals surface area contributed by atoms with E-state index < -0.39 is 0 Å². The quantitative estimate of drug-likeness (QED) is 0.590. The van der Waals surface area contributed by atoms with Crippen molar-refractivity contribution in [2.24, 2.45) is 4.99 Å². The van der Waals surface area contributed by atoms with Crippen LogP contribution in [0.15, 0.2) is 41.4 Å². The van der Waals surface area contributed by atoms with Gasteiger partial charge in [-0.25, -0.2) is 9.79 Å². The van der Waals surface area contributed by atoms with E-state index >= 15 is 0 Å². The van der Waals surface area contributed by atoms with Crippen LogP contribution in [0, 0.1) is 3.57 Å². The minimum atomic E-state index is -0.366. The first-order chi connectivity index (χ1) is 6.75. The average molecular weight is 299 g/mol. The SMILES string of the molecule is O=C1C=CC(=Nc2ccccc2I)O1. The van der Waals surface area contributed by atoms with Gasteiger partial charge in [-0.1, -0.05) is 12.1 Å². The van der Waals surface area contributed by atoms with Crippen molar-refractivity contribution in [3.05, 3.63) is 40.0 Å². The van der Waals surface area contributed by atoms with E-state index in [0.29, 0.717) is 5.90 Å². The second-order valence-electron chi connectivity index (χ2n) is 2.66. The standard InChI is InChI=1S/C10H6INO2/c11-7-3-1-2-4-8(7)12-9-5-6-10(13)14-9/h1-6H. The molecule has 0 bridgehead atoms. The summed E-state index contributed by atoms with van der Waals surface area (Å²) >= 11 is 2.18. The molecule has 0 unspecified atom stereocenters. The lowest BCUT2D eigenvalue weighted by atomic mass is 10.3. The summed E-state index contributed by atoms with van der Waals surface area (Å²) in [6, 6.07) is 7.64. The number of benzene rings is 1. The van der Waals surface area contributed by atoms with Crippen LogP contribution < -0.4 is 0 Å². The highest BCUT2D eigenvalue weighted by molar-refractivity contribution is 14.1. The molecule has 1 aliphatic rings. The van der Waals surface area contributed by atoms with E-state index in [0.717, 1.165) is 9.26 Å². The molecule has 0 amide bonds. The first-order valence-electron chi connectivity index (χ1n) is 3.99. The molecule has 0 aliphatic carbocycles. The van der Waals surface area contributed by atoms with Crippen molar-refractivity contribution in [1.29, 1.82) is 0 Å². The molecule has 4 heteroatoms. The molecule has 1 aromatic carbocycles. The summed E-state index contributed by atoms with van der Waals surface area (Å²) in [6.07, 6.45) is 2.92. The third-order valence-corrected chi connectivity index (χ3v) is 2.56. The summed E-state index contributed by atoms with van der Waals surface area (Å²) in [6.45, 7) is 0. The number of hydrogen-bond acceptors (Lipinski definition) is 3. The highest BCUT2D eigenvalue weighted by atomic mass is 127.